The highest BCUT2D eigenvalue weighted by Crippen LogP contribution is 2.22. The Hall–Kier alpha value is -2.86. The van der Waals surface area contributed by atoms with Crippen LogP contribution in [0.4, 0.5) is 5.69 Å². The molecule has 2 aromatic carbocycles. The van der Waals surface area contributed by atoms with E-state index in [-0.39, 0.29) is 19.3 Å². The summed E-state index contributed by atoms with van der Waals surface area (Å²) in [7, 11) is 0. The molecule has 0 saturated heterocycles. The van der Waals surface area contributed by atoms with Gasteiger partial charge in [-0.2, -0.15) is 4.98 Å². The number of hydrogen-bond acceptors (Lipinski definition) is 6. The first-order valence-electron chi connectivity index (χ1n) is 8.12. The number of aromatic nitrogens is 2. The molecular formula is C19H21N3O3. The van der Waals surface area contributed by atoms with Crippen molar-refractivity contribution in [2.75, 3.05) is 5.32 Å². The Bertz CT molecular complexity index is 815. The molecule has 6 heteroatoms. The van der Waals surface area contributed by atoms with Crippen molar-refractivity contribution >= 4 is 5.69 Å². The summed E-state index contributed by atoms with van der Waals surface area (Å²) in [6, 6.07) is 15.7. The van der Waals surface area contributed by atoms with Gasteiger partial charge in [-0.3, -0.25) is 0 Å². The van der Waals surface area contributed by atoms with Crippen molar-refractivity contribution in [1.29, 1.82) is 0 Å². The molecule has 0 bridgehead atoms. The number of aliphatic hydroxyl groups excluding tert-OH is 1. The van der Waals surface area contributed by atoms with E-state index in [9.17, 15) is 5.11 Å². The summed E-state index contributed by atoms with van der Waals surface area (Å²) in [5.74, 6) is 1.79. The van der Waals surface area contributed by atoms with Crippen LogP contribution in [0.3, 0.4) is 0 Å². The van der Waals surface area contributed by atoms with Gasteiger partial charge in [0.1, 0.15) is 5.75 Å². The molecule has 1 heterocycles. The highest BCUT2D eigenvalue weighted by atomic mass is 16.5. The molecule has 0 fully saturated rings. The molecule has 130 valence electrons. The Morgan fingerprint density at radius 2 is 2.00 bits per heavy atom. The van der Waals surface area contributed by atoms with E-state index < -0.39 is 0 Å². The smallest absolute Gasteiger partial charge is 0.223 e. The van der Waals surface area contributed by atoms with Crippen LogP contribution in [0.1, 0.15) is 35.8 Å². The maximum Gasteiger partial charge on any atom is 0.223 e. The Kier molecular flexibility index (Phi) is 5.30. The third-order valence-corrected chi connectivity index (χ3v) is 3.81. The lowest BCUT2D eigenvalue weighted by molar-refractivity contribution is 0.281. The third-order valence-electron chi connectivity index (χ3n) is 3.81. The molecule has 0 saturated carbocycles. The van der Waals surface area contributed by atoms with E-state index in [1.807, 2.05) is 48.5 Å². The van der Waals surface area contributed by atoms with Crippen molar-refractivity contribution in [3.63, 3.8) is 0 Å². The van der Waals surface area contributed by atoms with Crippen molar-refractivity contribution < 1.29 is 14.4 Å². The quantitative estimate of drug-likeness (QED) is 0.684. The van der Waals surface area contributed by atoms with Gasteiger partial charge < -0.3 is 19.7 Å². The minimum Gasteiger partial charge on any atom is -0.485 e. The summed E-state index contributed by atoms with van der Waals surface area (Å²) < 4.78 is 10.5. The maximum atomic E-state index is 9.25. The van der Waals surface area contributed by atoms with Gasteiger partial charge in [-0.25, -0.2) is 0 Å². The maximum absolute atomic E-state index is 9.25. The first-order chi connectivity index (χ1) is 12.1. The van der Waals surface area contributed by atoms with E-state index in [0.717, 1.165) is 22.6 Å². The molecule has 3 rings (SSSR count). The van der Waals surface area contributed by atoms with Crippen LogP contribution in [-0.4, -0.2) is 15.2 Å². The summed E-state index contributed by atoms with van der Waals surface area (Å²) >= 11 is 0. The van der Waals surface area contributed by atoms with Crippen LogP contribution in [0.5, 0.6) is 5.75 Å². The minimum absolute atomic E-state index is 0.0481. The predicted octanol–water partition coefficient (Wildman–Crippen LogP) is 3.62. The van der Waals surface area contributed by atoms with Crippen molar-refractivity contribution in [2.45, 2.75) is 33.1 Å². The van der Waals surface area contributed by atoms with Gasteiger partial charge in [-0.15, -0.1) is 0 Å². The van der Waals surface area contributed by atoms with E-state index >= 15 is 0 Å². The summed E-state index contributed by atoms with van der Waals surface area (Å²) in [6.07, 6.45) is 0. The van der Waals surface area contributed by atoms with Crippen molar-refractivity contribution in [2.24, 2.45) is 0 Å². The van der Waals surface area contributed by atoms with Gasteiger partial charge in [0.05, 0.1) is 6.61 Å². The number of rotatable bonds is 7. The van der Waals surface area contributed by atoms with Gasteiger partial charge >= 0.3 is 0 Å². The third kappa shape index (κ3) is 4.58. The molecule has 2 N–H and O–H groups in total. The van der Waals surface area contributed by atoms with Gasteiger partial charge in [-0.1, -0.05) is 29.4 Å². The van der Waals surface area contributed by atoms with Gasteiger partial charge in [-0.05, 0) is 42.3 Å². The molecule has 0 spiro atoms. The van der Waals surface area contributed by atoms with E-state index in [4.69, 9.17) is 9.26 Å². The van der Waals surface area contributed by atoms with Gasteiger partial charge in [0, 0.05) is 18.7 Å². The van der Waals surface area contributed by atoms with E-state index in [1.165, 1.54) is 0 Å². The second-order valence-electron chi connectivity index (χ2n) is 5.81. The standard InChI is InChI=1S/C19H21N3O3/c1-13(16-5-3-4-15(10-16)11-23)20-17-6-8-18(9-7-17)24-12-19-21-14(2)25-22-19/h3-10,13,20,23H,11-12H2,1-2H3. The number of ether oxygens (including phenoxy) is 1. The zero-order chi connectivity index (χ0) is 17.6. The summed E-state index contributed by atoms with van der Waals surface area (Å²) in [5, 5.41) is 16.5. The molecule has 0 radical (unpaired) electrons. The lowest BCUT2D eigenvalue weighted by Crippen LogP contribution is -2.07. The number of aliphatic hydroxyl groups is 1. The van der Waals surface area contributed by atoms with Crippen molar-refractivity contribution in [3.05, 3.63) is 71.4 Å². The van der Waals surface area contributed by atoms with Gasteiger partial charge in [0.15, 0.2) is 6.61 Å². The molecule has 1 aromatic heterocycles. The fourth-order valence-electron chi connectivity index (χ4n) is 2.49. The van der Waals surface area contributed by atoms with Gasteiger partial charge in [0.25, 0.3) is 0 Å². The molecule has 3 aromatic rings. The van der Waals surface area contributed by atoms with Crippen LogP contribution < -0.4 is 10.1 Å². The number of benzene rings is 2. The van der Waals surface area contributed by atoms with E-state index in [0.29, 0.717) is 11.7 Å². The monoisotopic (exact) mass is 339 g/mol. The van der Waals surface area contributed by atoms with Crippen molar-refractivity contribution in [1.82, 2.24) is 10.1 Å². The zero-order valence-corrected chi connectivity index (χ0v) is 14.3. The first-order valence-corrected chi connectivity index (χ1v) is 8.12. The molecule has 0 aliphatic rings. The number of hydrogen-bond donors (Lipinski definition) is 2. The molecule has 25 heavy (non-hydrogen) atoms. The number of aryl methyl sites for hydroxylation is 1. The van der Waals surface area contributed by atoms with E-state index in [1.54, 1.807) is 6.92 Å². The average Bonchev–Trinajstić information content (AvgIpc) is 3.06. The topological polar surface area (TPSA) is 80.4 Å². The molecular weight excluding hydrogens is 318 g/mol. The summed E-state index contributed by atoms with van der Waals surface area (Å²) in [6.45, 7) is 4.15. The Labute approximate surface area is 146 Å². The minimum atomic E-state index is 0.0481. The molecule has 1 atom stereocenters. The summed E-state index contributed by atoms with van der Waals surface area (Å²) in [5.41, 5.74) is 3.02. The first kappa shape index (κ1) is 17.0. The second-order valence-corrected chi connectivity index (χ2v) is 5.81. The van der Waals surface area contributed by atoms with Crippen molar-refractivity contribution in [3.8, 4) is 5.75 Å². The fraction of sp³-hybridized carbons (Fsp3) is 0.263. The lowest BCUT2D eigenvalue weighted by Gasteiger charge is -2.17. The van der Waals surface area contributed by atoms with E-state index in [2.05, 4.69) is 22.4 Å². The average molecular weight is 339 g/mol. The van der Waals surface area contributed by atoms with Crippen LogP contribution >= 0.6 is 0 Å². The highest BCUT2D eigenvalue weighted by Gasteiger charge is 2.07. The Balaban J connectivity index is 1.58. The molecule has 6 nitrogen and oxygen atoms in total. The number of nitrogens with one attached hydrogen (secondary N) is 1. The predicted molar refractivity (Wildman–Crippen MR) is 94.2 cm³/mol. The summed E-state index contributed by atoms with van der Waals surface area (Å²) in [4.78, 5) is 4.10. The van der Waals surface area contributed by atoms with Crippen LogP contribution in [-0.2, 0) is 13.2 Å². The number of nitrogens with zero attached hydrogens (tertiary/aromatic N) is 2. The molecule has 0 aliphatic carbocycles. The SMILES string of the molecule is Cc1nc(COc2ccc(NC(C)c3cccc(CO)c3)cc2)no1. The molecule has 0 aliphatic heterocycles. The number of anilines is 1. The second kappa shape index (κ2) is 7.81. The Morgan fingerprint density at radius 1 is 1.20 bits per heavy atom. The van der Waals surface area contributed by atoms with Crippen LogP contribution in [0.15, 0.2) is 53.1 Å². The highest BCUT2D eigenvalue weighted by molar-refractivity contribution is 5.48. The fourth-order valence-corrected chi connectivity index (χ4v) is 2.49. The van der Waals surface area contributed by atoms with Crippen LogP contribution in [0.25, 0.3) is 0 Å². The normalized spacial score (nSPS) is 12.0. The van der Waals surface area contributed by atoms with Crippen LogP contribution in [0.2, 0.25) is 0 Å². The molecule has 0 amide bonds. The zero-order valence-electron chi connectivity index (χ0n) is 14.3. The largest absolute Gasteiger partial charge is 0.485 e. The lowest BCUT2D eigenvalue weighted by atomic mass is 10.1. The molecule has 1 unspecified atom stereocenters. The Morgan fingerprint density at radius 3 is 2.68 bits per heavy atom. The van der Waals surface area contributed by atoms with Gasteiger partial charge in [0.2, 0.25) is 11.7 Å². The van der Waals surface area contributed by atoms with Crippen LogP contribution in [0, 0.1) is 6.92 Å².